The van der Waals surface area contributed by atoms with Gasteiger partial charge in [0, 0.05) is 32.0 Å². The zero-order valence-electron chi connectivity index (χ0n) is 23.4. The molecule has 226 valence electrons. The Hall–Kier alpha value is -3.61. The number of hydrogen-bond acceptors (Lipinski definition) is 7. The number of fused-ring (bicyclic) bond motifs is 3. The fourth-order valence-electron chi connectivity index (χ4n) is 6.12. The van der Waals surface area contributed by atoms with Gasteiger partial charge in [-0.1, -0.05) is 42.8 Å². The van der Waals surface area contributed by atoms with E-state index in [0.717, 1.165) is 36.8 Å². The first-order valence-corrected chi connectivity index (χ1v) is 16.3. The van der Waals surface area contributed by atoms with E-state index in [0.29, 0.717) is 32.5 Å². The predicted molar refractivity (Wildman–Crippen MR) is 151 cm³/mol. The Balaban J connectivity index is 1.18. The van der Waals surface area contributed by atoms with Crippen molar-refractivity contribution >= 4 is 34.0 Å². The summed E-state index contributed by atoms with van der Waals surface area (Å²) < 4.78 is 33.1. The van der Waals surface area contributed by atoms with Gasteiger partial charge in [0.05, 0.1) is 11.8 Å². The molecular weight excluding hydrogens is 562 g/mol. The normalized spacial score (nSPS) is 30.4. The Morgan fingerprint density at radius 1 is 1.05 bits per heavy atom. The van der Waals surface area contributed by atoms with Crippen molar-refractivity contribution in [3.8, 4) is 0 Å². The highest BCUT2D eigenvalue weighted by atomic mass is 32.2. The van der Waals surface area contributed by atoms with Crippen LogP contribution in [-0.2, 0) is 37.4 Å². The molecule has 5 amide bonds. The minimum atomic E-state index is -3.82. The van der Waals surface area contributed by atoms with Crippen molar-refractivity contribution in [2.75, 3.05) is 13.1 Å². The van der Waals surface area contributed by atoms with Crippen molar-refractivity contribution in [1.29, 1.82) is 0 Å². The van der Waals surface area contributed by atoms with Crippen LogP contribution in [0.2, 0.25) is 0 Å². The monoisotopic (exact) mass is 599 g/mol. The smallest absolute Gasteiger partial charge is 0.410 e. The number of carbonyl (C=O) groups is 4. The highest BCUT2D eigenvalue weighted by Gasteiger charge is 2.62. The zero-order chi connectivity index (χ0) is 29.5. The van der Waals surface area contributed by atoms with Crippen LogP contribution in [0.4, 0.5) is 9.59 Å². The van der Waals surface area contributed by atoms with Crippen molar-refractivity contribution < 1.29 is 32.3 Å². The van der Waals surface area contributed by atoms with Gasteiger partial charge in [-0.05, 0) is 49.7 Å². The summed E-state index contributed by atoms with van der Waals surface area (Å²) in [4.78, 5) is 56.3. The molecule has 13 heteroatoms. The fourth-order valence-corrected chi connectivity index (χ4v) is 7.49. The van der Waals surface area contributed by atoms with Gasteiger partial charge in [-0.2, -0.15) is 0 Å². The molecule has 0 radical (unpaired) electrons. The Bertz CT molecular complexity index is 1390. The van der Waals surface area contributed by atoms with Crippen LogP contribution in [0.1, 0.15) is 62.5 Å². The largest absolute Gasteiger partial charge is 0.444 e. The second kappa shape index (κ2) is 11.2. The lowest BCUT2D eigenvalue weighted by Gasteiger charge is -2.26. The van der Waals surface area contributed by atoms with Crippen LogP contribution < -0.4 is 15.4 Å². The molecule has 0 bridgehead atoms. The van der Waals surface area contributed by atoms with Gasteiger partial charge in [0.25, 0.3) is 5.91 Å². The summed E-state index contributed by atoms with van der Waals surface area (Å²) in [6, 6.07) is 6.32. The molecule has 42 heavy (non-hydrogen) atoms. The number of nitrogens with one attached hydrogen (secondary N) is 3. The topological polar surface area (TPSA) is 154 Å². The van der Waals surface area contributed by atoms with Crippen LogP contribution in [0.3, 0.4) is 0 Å². The van der Waals surface area contributed by atoms with E-state index < -0.39 is 56.9 Å². The summed E-state index contributed by atoms with van der Waals surface area (Å²) in [6.45, 7) is 1.31. The third kappa shape index (κ3) is 5.83. The van der Waals surface area contributed by atoms with Crippen molar-refractivity contribution in [3.05, 3.63) is 47.5 Å². The van der Waals surface area contributed by atoms with E-state index in [1.54, 1.807) is 4.90 Å². The van der Waals surface area contributed by atoms with Crippen LogP contribution in [0, 0.1) is 5.92 Å². The summed E-state index contributed by atoms with van der Waals surface area (Å²) in [5, 5.41) is 5.09. The third-order valence-electron chi connectivity index (χ3n) is 8.85. The molecular formula is C29H37N5O7S. The first kappa shape index (κ1) is 28.5. The summed E-state index contributed by atoms with van der Waals surface area (Å²) in [7, 11) is -3.82. The summed E-state index contributed by atoms with van der Waals surface area (Å²) >= 11 is 0. The van der Waals surface area contributed by atoms with E-state index in [4.69, 9.17) is 4.74 Å². The maximum Gasteiger partial charge on any atom is 0.410 e. The maximum absolute atomic E-state index is 13.7. The Morgan fingerprint density at radius 2 is 1.79 bits per heavy atom. The minimum absolute atomic E-state index is 0.0229. The molecule has 0 spiro atoms. The van der Waals surface area contributed by atoms with Crippen molar-refractivity contribution in [2.45, 2.75) is 87.4 Å². The molecule has 12 nitrogen and oxygen atoms in total. The van der Waals surface area contributed by atoms with E-state index in [9.17, 15) is 27.6 Å². The molecule has 3 aliphatic heterocycles. The number of nitrogens with zero attached hydrogens (tertiary/aromatic N) is 2. The summed E-state index contributed by atoms with van der Waals surface area (Å²) in [6.07, 6.45) is 7.24. The third-order valence-corrected chi connectivity index (χ3v) is 10.7. The molecule has 3 fully saturated rings. The molecule has 2 aliphatic carbocycles. The second-order valence-electron chi connectivity index (χ2n) is 12.0. The maximum atomic E-state index is 13.7. The molecule has 6 rings (SSSR count). The fraction of sp³-hybridized carbons (Fsp3) is 0.586. The molecule has 1 aromatic rings. The minimum Gasteiger partial charge on any atom is -0.444 e. The SMILES string of the molecule is O=C1N[C@]2(C(=O)NS(=O)(=O)C3CC3)C[C@@H]2/C=C\CCCCCNC(=O)N2C[C@H](OC(=O)N3Cc4ccccc4C3)C[C@@H]12. The lowest BCUT2D eigenvalue weighted by molar-refractivity contribution is -0.131. The van der Waals surface area contributed by atoms with Crippen molar-refractivity contribution in [3.63, 3.8) is 0 Å². The molecule has 4 atom stereocenters. The number of benzene rings is 1. The van der Waals surface area contributed by atoms with Gasteiger partial charge < -0.3 is 20.3 Å². The molecule has 0 unspecified atom stereocenters. The predicted octanol–water partition coefficient (Wildman–Crippen LogP) is 1.90. The van der Waals surface area contributed by atoms with Crippen molar-refractivity contribution in [1.82, 2.24) is 25.2 Å². The zero-order valence-corrected chi connectivity index (χ0v) is 24.2. The Morgan fingerprint density at radius 3 is 2.50 bits per heavy atom. The number of allylic oxidation sites excluding steroid dienone is 1. The molecule has 2 saturated carbocycles. The quantitative estimate of drug-likeness (QED) is 0.447. The molecule has 0 aromatic heterocycles. The Labute approximate surface area is 245 Å². The standard InChI is InChI=1S/C29H37N5O7S/c35-25-24-14-22(41-28(38)33-16-19-8-5-6-9-20(19)17-33)18-34(24)27(37)30-13-7-3-1-2-4-10-21-15-29(21,31-25)26(36)32-42(39,40)23-11-12-23/h4-6,8-10,21-24H,1-3,7,11-18H2,(H,30,37)(H,31,35)(H,32,36)/b10-4-/t21-,22+,24-,29+/m0/s1. The molecule has 1 saturated heterocycles. The number of ether oxygens (including phenoxy) is 1. The van der Waals surface area contributed by atoms with Crippen LogP contribution in [0.5, 0.6) is 0 Å². The summed E-state index contributed by atoms with van der Waals surface area (Å²) in [5.74, 6) is -1.70. The number of rotatable bonds is 4. The first-order valence-electron chi connectivity index (χ1n) is 14.8. The second-order valence-corrected chi connectivity index (χ2v) is 14.0. The van der Waals surface area contributed by atoms with Gasteiger partial charge in [0.15, 0.2) is 0 Å². The van der Waals surface area contributed by atoms with Crippen LogP contribution in [0.15, 0.2) is 36.4 Å². The average Bonchev–Trinajstić information content (AvgIpc) is 3.84. The van der Waals surface area contributed by atoms with E-state index in [1.165, 1.54) is 4.90 Å². The molecule has 3 N–H and O–H groups in total. The highest BCUT2D eigenvalue weighted by molar-refractivity contribution is 7.91. The average molecular weight is 600 g/mol. The van der Waals surface area contributed by atoms with Crippen LogP contribution >= 0.6 is 0 Å². The number of hydrogen-bond donors (Lipinski definition) is 3. The molecule has 1 aromatic carbocycles. The number of sulfonamides is 1. The van der Waals surface area contributed by atoms with E-state index >= 15 is 0 Å². The van der Waals surface area contributed by atoms with Crippen LogP contribution in [-0.4, -0.2) is 78.2 Å². The van der Waals surface area contributed by atoms with E-state index in [1.807, 2.05) is 36.4 Å². The number of carbonyl (C=O) groups excluding carboxylic acids is 4. The number of amides is 5. The number of urea groups is 1. The highest BCUT2D eigenvalue weighted by Crippen LogP contribution is 2.46. The lowest BCUT2D eigenvalue weighted by atomic mass is 10.1. The van der Waals surface area contributed by atoms with Crippen LogP contribution in [0.25, 0.3) is 0 Å². The van der Waals surface area contributed by atoms with Crippen molar-refractivity contribution in [2.24, 2.45) is 5.92 Å². The first-order chi connectivity index (χ1) is 20.2. The van der Waals surface area contributed by atoms with Gasteiger partial charge in [-0.25, -0.2) is 18.0 Å². The van der Waals surface area contributed by atoms with E-state index in [-0.39, 0.29) is 25.3 Å². The summed E-state index contributed by atoms with van der Waals surface area (Å²) in [5.41, 5.74) is 0.675. The molecule has 3 heterocycles. The van der Waals surface area contributed by atoms with Gasteiger partial charge in [-0.15, -0.1) is 0 Å². The van der Waals surface area contributed by atoms with E-state index in [2.05, 4.69) is 15.4 Å². The van der Waals surface area contributed by atoms with Gasteiger partial charge in [-0.3, -0.25) is 19.2 Å². The van der Waals surface area contributed by atoms with Gasteiger partial charge in [0.2, 0.25) is 15.9 Å². The van der Waals surface area contributed by atoms with Gasteiger partial charge >= 0.3 is 12.1 Å². The molecule has 5 aliphatic rings. The Kier molecular flexibility index (Phi) is 7.62. The lowest BCUT2D eigenvalue weighted by Crippen LogP contribution is -2.57. The van der Waals surface area contributed by atoms with Gasteiger partial charge in [0.1, 0.15) is 17.7 Å².